The molecular weight excluding hydrogens is 242 g/mol. The van der Waals surface area contributed by atoms with Crippen LogP contribution < -0.4 is 4.74 Å². The van der Waals surface area contributed by atoms with Crippen LogP contribution in [0.1, 0.15) is 62.2 Å². The van der Waals surface area contributed by atoms with E-state index in [1.165, 1.54) is 50.6 Å². The molecule has 0 saturated carbocycles. The van der Waals surface area contributed by atoms with Crippen LogP contribution in [0.2, 0.25) is 0 Å². The van der Waals surface area contributed by atoms with E-state index in [1.807, 2.05) is 0 Å². The van der Waals surface area contributed by atoms with E-state index in [0.717, 1.165) is 12.8 Å². The maximum Gasteiger partial charge on any atom is 0.339 e. The van der Waals surface area contributed by atoms with Gasteiger partial charge in [-0.15, -0.1) is 0 Å². The first kappa shape index (κ1) is 15.5. The summed E-state index contributed by atoms with van der Waals surface area (Å²) >= 11 is 0. The van der Waals surface area contributed by atoms with E-state index in [2.05, 4.69) is 11.9 Å². The molecule has 1 rings (SSSR count). The second-order valence-corrected chi connectivity index (χ2v) is 4.65. The lowest BCUT2D eigenvalue weighted by atomic mass is 10.1. The highest BCUT2D eigenvalue weighted by molar-refractivity contribution is 5.90. The normalized spacial score (nSPS) is 10.4. The standard InChI is InChI=1S/C15H23NO3/c1-2-3-4-5-6-7-8-11-19-14-12-16-10-9-13(14)15(17)18/h9-10,12H,2-8,11H2,1H3,(H,17,18). The Bertz CT molecular complexity index is 379. The van der Waals surface area contributed by atoms with Gasteiger partial charge in [-0.1, -0.05) is 45.4 Å². The average molecular weight is 265 g/mol. The smallest absolute Gasteiger partial charge is 0.339 e. The van der Waals surface area contributed by atoms with Crippen LogP contribution in [0.25, 0.3) is 0 Å². The van der Waals surface area contributed by atoms with E-state index in [4.69, 9.17) is 9.84 Å². The molecule has 4 heteroatoms. The topological polar surface area (TPSA) is 59.4 Å². The van der Waals surface area contributed by atoms with Gasteiger partial charge in [0.25, 0.3) is 0 Å². The summed E-state index contributed by atoms with van der Waals surface area (Å²) in [4.78, 5) is 14.8. The molecule has 106 valence electrons. The minimum absolute atomic E-state index is 0.179. The van der Waals surface area contributed by atoms with Gasteiger partial charge >= 0.3 is 5.97 Å². The quantitative estimate of drug-likeness (QED) is 0.652. The van der Waals surface area contributed by atoms with Crippen molar-refractivity contribution in [2.75, 3.05) is 6.61 Å². The maximum atomic E-state index is 10.9. The summed E-state index contributed by atoms with van der Waals surface area (Å²) in [6, 6.07) is 1.46. The van der Waals surface area contributed by atoms with E-state index in [0.29, 0.717) is 12.4 Å². The van der Waals surface area contributed by atoms with Crippen molar-refractivity contribution in [1.29, 1.82) is 0 Å². The van der Waals surface area contributed by atoms with Gasteiger partial charge in [-0.05, 0) is 12.5 Å². The van der Waals surface area contributed by atoms with Crippen LogP contribution in [0.3, 0.4) is 0 Å². The van der Waals surface area contributed by atoms with Crippen LogP contribution in [-0.2, 0) is 0 Å². The Labute approximate surface area is 114 Å². The third kappa shape index (κ3) is 6.22. The molecule has 19 heavy (non-hydrogen) atoms. The molecule has 4 nitrogen and oxygen atoms in total. The lowest BCUT2D eigenvalue weighted by Gasteiger charge is -2.08. The van der Waals surface area contributed by atoms with Gasteiger partial charge in [-0.25, -0.2) is 4.79 Å². The zero-order valence-corrected chi connectivity index (χ0v) is 11.6. The molecule has 1 heterocycles. The van der Waals surface area contributed by atoms with Gasteiger partial charge in [-0.2, -0.15) is 0 Å². The molecule has 0 spiro atoms. The first-order valence-corrected chi connectivity index (χ1v) is 7.05. The molecule has 0 aromatic carbocycles. The van der Waals surface area contributed by atoms with Crippen molar-refractivity contribution in [1.82, 2.24) is 4.98 Å². The Morgan fingerprint density at radius 1 is 1.21 bits per heavy atom. The summed E-state index contributed by atoms with van der Waals surface area (Å²) in [5.41, 5.74) is 0.179. The summed E-state index contributed by atoms with van der Waals surface area (Å²) in [6.07, 6.45) is 11.4. The summed E-state index contributed by atoms with van der Waals surface area (Å²) < 4.78 is 5.48. The Balaban J connectivity index is 2.17. The minimum Gasteiger partial charge on any atom is -0.491 e. The SMILES string of the molecule is CCCCCCCCCOc1cnccc1C(=O)O. The number of nitrogens with zero attached hydrogens (tertiary/aromatic N) is 1. The molecule has 0 unspecified atom stereocenters. The van der Waals surface area contributed by atoms with Crippen LogP contribution in [0.4, 0.5) is 0 Å². The zero-order chi connectivity index (χ0) is 13.9. The number of ether oxygens (including phenoxy) is 1. The molecule has 0 saturated heterocycles. The van der Waals surface area contributed by atoms with Gasteiger partial charge in [0.05, 0.1) is 12.8 Å². The molecule has 1 aromatic rings. The van der Waals surface area contributed by atoms with Crippen molar-refractivity contribution in [3.05, 3.63) is 24.0 Å². The first-order valence-electron chi connectivity index (χ1n) is 7.05. The van der Waals surface area contributed by atoms with E-state index in [1.54, 1.807) is 0 Å². The number of carboxylic acid groups (broad SMARTS) is 1. The summed E-state index contributed by atoms with van der Waals surface area (Å²) in [5.74, 6) is -0.613. The van der Waals surface area contributed by atoms with Crippen molar-refractivity contribution in [3.63, 3.8) is 0 Å². The molecule has 0 aliphatic heterocycles. The van der Waals surface area contributed by atoms with Gasteiger partial charge < -0.3 is 9.84 Å². The first-order chi connectivity index (χ1) is 9.25. The van der Waals surface area contributed by atoms with Gasteiger partial charge in [0.2, 0.25) is 0 Å². The lowest BCUT2D eigenvalue weighted by Crippen LogP contribution is -2.04. The number of pyridine rings is 1. The third-order valence-electron chi connectivity index (χ3n) is 3.02. The van der Waals surface area contributed by atoms with Crippen molar-refractivity contribution in [2.45, 2.75) is 51.9 Å². The van der Waals surface area contributed by atoms with Crippen LogP contribution in [0.5, 0.6) is 5.75 Å². The Morgan fingerprint density at radius 2 is 1.89 bits per heavy atom. The number of aromatic nitrogens is 1. The van der Waals surface area contributed by atoms with Crippen LogP contribution in [0, 0.1) is 0 Å². The molecule has 1 aromatic heterocycles. The molecule has 0 fully saturated rings. The molecule has 0 bridgehead atoms. The third-order valence-corrected chi connectivity index (χ3v) is 3.02. The number of hydrogen-bond acceptors (Lipinski definition) is 3. The molecular formula is C15H23NO3. The fraction of sp³-hybridized carbons (Fsp3) is 0.600. The summed E-state index contributed by atoms with van der Waals surface area (Å²) in [6.45, 7) is 2.77. The largest absolute Gasteiger partial charge is 0.491 e. The number of rotatable bonds is 10. The highest BCUT2D eigenvalue weighted by Crippen LogP contribution is 2.17. The minimum atomic E-state index is -0.975. The van der Waals surface area contributed by atoms with Crippen molar-refractivity contribution in [3.8, 4) is 5.75 Å². The summed E-state index contributed by atoms with van der Waals surface area (Å²) in [5, 5.41) is 8.98. The molecule has 0 amide bonds. The monoisotopic (exact) mass is 265 g/mol. The highest BCUT2D eigenvalue weighted by Gasteiger charge is 2.10. The number of carboxylic acids is 1. The number of aromatic carboxylic acids is 1. The molecule has 0 atom stereocenters. The van der Waals surface area contributed by atoms with E-state index in [-0.39, 0.29) is 5.56 Å². The second-order valence-electron chi connectivity index (χ2n) is 4.65. The van der Waals surface area contributed by atoms with E-state index in [9.17, 15) is 4.79 Å². The Morgan fingerprint density at radius 3 is 2.58 bits per heavy atom. The predicted molar refractivity (Wildman–Crippen MR) is 74.7 cm³/mol. The molecule has 0 aliphatic rings. The van der Waals surface area contributed by atoms with E-state index >= 15 is 0 Å². The van der Waals surface area contributed by atoms with Gasteiger partial charge in [0, 0.05) is 6.20 Å². The van der Waals surface area contributed by atoms with Crippen LogP contribution in [0.15, 0.2) is 18.5 Å². The fourth-order valence-electron chi connectivity index (χ4n) is 1.91. The second kappa shape index (κ2) is 9.36. The van der Waals surface area contributed by atoms with Gasteiger partial charge in [0.15, 0.2) is 5.75 Å². The predicted octanol–water partition coefficient (Wildman–Crippen LogP) is 3.91. The van der Waals surface area contributed by atoms with Crippen molar-refractivity contribution < 1.29 is 14.6 Å². The number of unbranched alkanes of at least 4 members (excludes halogenated alkanes) is 6. The zero-order valence-electron chi connectivity index (χ0n) is 11.6. The maximum absolute atomic E-state index is 10.9. The van der Waals surface area contributed by atoms with Crippen molar-refractivity contribution in [2.24, 2.45) is 0 Å². The van der Waals surface area contributed by atoms with Crippen LogP contribution in [-0.4, -0.2) is 22.7 Å². The lowest BCUT2D eigenvalue weighted by molar-refractivity contribution is 0.0692. The molecule has 0 aliphatic carbocycles. The van der Waals surface area contributed by atoms with Gasteiger partial charge in [-0.3, -0.25) is 4.98 Å². The number of carbonyl (C=O) groups is 1. The number of hydrogen-bond donors (Lipinski definition) is 1. The van der Waals surface area contributed by atoms with E-state index < -0.39 is 5.97 Å². The Hall–Kier alpha value is -1.58. The Kier molecular flexibility index (Phi) is 7.63. The molecule has 0 radical (unpaired) electrons. The fourth-order valence-corrected chi connectivity index (χ4v) is 1.91. The van der Waals surface area contributed by atoms with Crippen molar-refractivity contribution >= 4 is 5.97 Å². The highest BCUT2D eigenvalue weighted by atomic mass is 16.5. The average Bonchev–Trinajstić information content (AvgIpc) is 2.42. The van der Waals surface area contributed by atoms with Gasteiger partial charge in [0.1, 0.15) is 5.56 Å². The van der Waals surface area contributed by atoms with Crippen LogP contribution >= 0.6 is 0 Å². The summed E-state index contributed by atoms with van der Waals surface area (Å²) in [7, 11) is 0. The molecule has 1 N–H and O–H groups in total.